The first-order valence-corrected chi connectivity index (χ1v) is 17.9. The van der Waals surface area contributed by atoms with Crippen LogP contribution >= 0.6 is 0 Å². The molecular weight excluding hydrogens is 586 g/mol. The molecule has 1 atom stereocenters. The van der Waals surface area contributed by atoms with Crippen molar-refractivity contribution in [2.45, 2.75) is 109 Å². The number of anilines is 2. The first-order valence-electron chi connectivity index (χ1n) is 16.4. The molecule has 0 bridgehead atoms. The lowest BCUT2D eigenvalue weighted by atomic mass is 9.83. The van der Waals surface area contributed by atoms with Gasteiger partial charge in [-0.25, -0.2) is 14.7 Å². The van der Waals surface area contributed by atoms with E-state index in [4.69, 9.17) is 10.7 Å². The van der Waals surface area contributed by atoms with Crippen LogP contribution in [0, 0.1) is 5.92 Å². The molecule has 45 heavy (non-hydrogen) atoms. The molecule has 1 saturated heterocycles. The molecular formula is C34H51N7O3S. The Morgan fingerprint density at radius 3 is 2.47 bits per heavy atom. The van der Waals surface area contributed by atoms with Gasteiger partial charge < -0.3 is 16.0 Å². The van der Waals surface area contributed by atoms with Crippen molar-refractivity contribution in [1.29, 1.82) is 0 Å². The van der Waals surface area contributed by atoms with Crippen molar-refractivity contribution in [2.24, 2.45) is 5.92 Å². The van der Waals surface area contributed by atoms with Gasteiger partial charge in [-0.2, -0.15) is 8.42 Å². The van der Waals surface area contributed by atoms with Crippen LogP contribution in [-0.4, -0.2) is 67.1 Å². The van der Waals surface area contributed by atoms with E-state index in [2.05, 4.69) is 72.4 Å². The molecule has 0 spiro atoms. The number of rotatable bonds is 8. The highest BCUT2D eigenvalue weighted by molar-refractivity contribution is 7.90. The van der Waals surface area contributed by atoms with E-state index in [1.807, 2.05) is 6.07 Å². The van der Waals surface area contributed by atoms with Gasteiger partial charge in [-0.05, 0) is 69.2 Å². The molecule has 2 aromatic heterocycles. The molecule has 2 aliphatic heterocycles. The van der Waals surface area contributed by atoms with Gasteiger partial charge in [0.2, 0.25) is 0 Å². The molecule has 2 aromatic rings. The standard InChI is InChI=1S/C34H51N7O3S/c1-23-20-34(5,6)41(21-23)31-27(32(42)39-45(43,44)29-14-10-13-28(35)37-29)19-26(30(38-31)33(2,3)4)24-15-17-40(18-16-24)22-36-25-11-8-7-9-12-25/h10,13-15,19,23,25,36H,7-9,11-12,16-18,20-22H2,1-6H3,(H2,35,37)(H,39,42)/t23-/m0/s1. The Morgan fingerprint density at radius 1 is 1.13 bits per heavy atom. The van der Waals surface area contributed by atoms with Gasteiger partial charge in [0.05, 0.1) is 11.3 Å². The normalized spacial score (nSPS) is 21.5. The molecule has 0 radical (unpaired) electrons. The summed E-state index contributed by atoms with van der Waals surface area (Å²) in [6.45, 7) is 16.2. The van der Waals surface area contributed by atoms with E-state index in [0.29, 0.717) is 17.8 Å². The van der Waals surface area contributed by atoms with Crippen LogP contribution in [0.15, 0.2) is 35.4 Å². The fraction of sp³-hybridized carbons (Fsp3) is 0.618. The number of nitrogens with zero attached hydrogens (tertiary/aromatic N) is 4. The molecule has 4 N–H and O–H groups in total. The summed E-state index contributed by atoms with van der Waals surface area (Å²) in [7, 11) is -4.27. The summed E-state index contributed by atoms with van der Waals surface area (Å²) < 4.78 is 28.9. The molecule has 1 aliphatic carbocycles. The average molecular weight is 638 g/mol. The summed E-state index contributed by atoms with van der Waals surface area (Å²) in [5.41, 5.74) is 8.37. The van der Waals surface area contributed by atoms with Gasteiger partial charge in [-0.15, -0.1) is 0 Å². The average Bonchev–Trinajstić information content (AvgIpc) is 3.26. The number of carbonyl (C=O) groups excluding carboxylic acids is 1. The summed E-state index contributed by atoms with van der Waals surface area (Å²) in [5.74, 6) is 0.240. The number of nitrogens with two attached hydrogens (primary N) is 1. The minimum absolute atomic E-state index is 0.0597. The molecule has 246 valence electrons. The molecule has 2 fully saturated rings. The highest BCUT2D eigenvalue weighted by atomic mass is 32.2. The quantitative estimate of drug-likeness (QED) is 0.363. The third-order valence-electron chi connectivity index (χ3n) is 9.38. The third kappa shape index (κ3) is 7.69. The van der Waals surface area contributed by atoms with Crippen LogP contribution in [0.4, 0.5) is 11.6 Å². The van der Waals surface area contributed by atoms with Crippen LogP contribution in [-0.2, 0) is 15.4 Å². The number of nitrogen functional groups attached to an aromatic ring is 1. The lowest BCUT2D eigenvalue weighted by Gasteiger charge is -2.36. The second-order valence-corrected chi connectivity index (χ2v) is 16.5. The van der Waals surface area contributed by atoms with Crippen LogP contribution in [0.3, 0.4) is 0 Å². The highest BCUT2D eigenvalue weighted by Gasteiger charge is 2.40. The fourth-order valence-corrected chi connectivity index (χ4v) is 8.07. The maximum absolute atomic E-state index is 14.0. The van der Waals surface area contributed by atoms with E-state index >= 15 is 0 Å². The third-order valence-corrected chi connectivity index (χ3v) is 10.6. The van der Waals surface area contributed by atoms with E-state index in [9.17, 15) is 13.2 Å². The number of carbonyl (C=O) groups is 1. The van der Waals surface area contributed by atoms with Crippen molar-refractivity contribution in [1.82, 2.24) is 24.9 Å². The van der Waals surface area contributed by atoms with Gasteiger partial charge >= 0.3 is 0 Å². The zero-order valence-corrected chi connectivity index (χ0v) is 28.6. The zero-order valence-electron chi connectivity index (χ0n) is 27.8. The molecule has 1 saturated carbocycles. The van der Waals surface area contributed by atoms with Crippen molar-refractivity contribution in [3.63, 3.8) is 0 Å². The first kappa shape index (κ1) is 33.3. The van der Waals surface area contributed by atoms with Crippen molar-refractivity contribution < 1.29 is 13.2 Å². The maximum atomic E-state index is 14.0. The van der Waals surface area contributed by atoms with Gasteiger partial charge in [0.1, 0.15) is 11.6 Å². The Labute approximate surface area is 269 Å². The number of aromatic nitrogens is 2. The van der Waals surface area contributed by atoms with Crippen LogP contribution in [0.2, 0.25) is 0 Å². The molecule has 5 rings (SSSR count). The molecule has 10 nitrogen and oxygen atoms in total. The van der Waals surface area contributed by atoms with E-state index in [1.165, 1.54) is 50.3 Å². The Bertz CT molecular complexity index is 1540. The lowest BCUT2D eigenvalue weighted by molar-refractivity contribution is 0.0981. The Kier molecular flexibility index (Phi) is 9.63. The molecule has 0 aromatic carbocycles. The summed E-state index contributed by atoms with van der Waals surface area (Å²) in [6, 6.07) is 6.81. The maximum Gasteiger partial charge on any atom is 0.281 e. The SMILES string of the molecule is C[C@@H]1CN(c2nc(C(C)(C)C)c(C3=CCN(CNC4CCCCC4)CC3)cc2C(=O)NS(=O)(=O)c2cccc(N)n2)C(C)(C)C1. The number of hydrogen-bond donors (Lipinski definition) is 3. The van der Waals surface area contributed by atoms with Crippen LogP contribution in [0.5, 0.6) is 0 Å². The monoisotopic (exact) mass is 637 g/mol. The smallest absolute Gasteiger partial charge is 0.281 e. The van der Waals surface area contributed by atoms with E-state index in [1.54, 1.807) is 0 Å². The summed E-state index contributed by atoms with van der Waals surface area (Å²) >= 11 is 0. The Balaban J connectivity index is 1.51. The van der Waals surface area contributed by atoms with Crippen LogP contribution < -0.4 is 20.7 Å². The summed E-state index contributed by atoms with van der Waals surface area (Å²) in [4.78, 5) is 27.8. The number of nitrogens with one attached hydrogen (secondary N) is 2. The Hall–Kier alpha value is -3.02. The van der Waals surface area contributed by atoms with Gasteiger partial charge in [-0.3, -0.25) is 9.69 Å². The molecule has 3 aliphatic rings. The van der Waals surface area contributed by atoms with E-state index < -0.39 is 15.9 Å². The molecule has 0 unspecified atom stereocenters. The minimum atomic E-state index is -4.27. The highest BCUT2D eigenvalue weighted by Crippen LogP contribution is 2.41. The zero-order chi connectivity index (χ0) is 32.6. The second-order valence-electron chi connectivity index (χ2n) is 14.8. The van der Waals surface area contributed by atoms with Crippen LogP contribution in [0.25, 0.3) is 5.57 Å². The van der Waals surface area contributed by atoms with Crippen molar-refractivity contribution in [3.8, 4) is 0 Å². The van der Waals surface area contributed by atoms with E-state index in [0.717, 1.165) is 56.0 Å². The molecule has 11 heteroatoms. The lowest BCUT2D eigenvalue weighted by Crippen LogP contribution is -2.42. The van der Waals surface area contributed by atoms with Gasteiger partial charge in [0, 0.05) is 48.9 Å². The summed E-state index contributed by atoms with van der Waals surface area (Å²) in [6.07, 6.45) is 10.5. The number of pyridine rings is 2. The topological polar surface area (TPSA) is 134 Å². The van der Waals surface area contributed by atoms with Crippen molar-refractivity contribution in [2.75, 3.05) is 36.9 Å². The van der Waals surface area contributed by atoms with E-state index in [-0.39, 0.29) is 27.4 Å². The van der Waals surface area contributed by atoms with Crippen LogP contribution in [0.1, 0.15) is 108 Å². The van der Waals surface area contributed by atoms with Gasteiger partial charge in [0.15, 0.2) is 5.03 Å². The largest absolute Gasteiger partial charge is 0.384 e. The number of sulfonamides is 1. The summed E-state index contributed by atoms with van der Waals surface area (Å²) in [5, 5.41) is 3.45. The second kappa shape index (κ2) is 13.0. The van der Waals surface area contributed by atoms with Gasteiger partial charge in [0.25, 0.3) is 15.9 Å². The predicted molar refractivity (Wildman–Crippen MR) is 180 cm³/mol. The van der Waals surface area contributed by atoms with Gasteiger partial charge in [-0.1, -0.05) is 59.1 Å². The predicted octanol–water partition coefficient (Wildman–Crippen LogP) is 5.07. The number of amides is 1. The first-order chi connectivity index (χ1) is 21.1. The fourth-order valence-electron chi connectivity index (χ4n) is 7.13. The number of hydrogen-bond acceptors (Lipinski definition) is 9. The Morgan fingerprint density at radius 2 is 1.87 bits per heavy atom. The molecule has 4 heterocycles. The minimum Gasteiger partial charge on any atom is -0.384 e. The van der Waals surface area contributed by atoms with Crippen molar-refractivity contribution >= 4 is 33.1 Å². The van der Waals surface area contributed by atoms with Crippen molar-refractivity contribution in [3.05, 3.63) is 47.2 Å². The molecule has 1 amide bonds.